The van der Waals surface area contributed by atoms with E-state index in [2.05, 4.69) is 40.9 Å². The van der Waals surface area contributed by atoms with E-state index < -0.39 is 5.91 Å². The Kier molecular flexibility index (Phi) is 7.07. The average molecular weight is 531 g/mol. The molecule has 1 unspecified atom stereocenters. The van der Waals surface area contributed by atoms with Crippen molar-refractivity contribution in [1.29, 1.82) is 0 Å². The van der Waals surface area contributed by atoms with E-state index in [1.165, 1.54) is 0 Å². The summed E-state index contributed by atoms with van der Waals surface area (Å²) in [4.78, 5) is 35.1. The monoisotopic (exact) mass is 530 g/mol. The first-order chi connectivity index (χ1) is 18.6. The SMILES string of the molecule is CC(=O)NC1CCN(c2n[nH]c3nccc(-c4ccc(C(C)NC(=O)c5nc(C(C)(C)C)no5)cc4)c23)CC1. The quantitative estimate of drug-likeness (QED) is 0.341. The first kappa shape index (κ1) is 26.3. The third-order valence-corrected chi connectivity index (χ3v) is 7.00. The first-order valence-corrected chi connectivity index (χ1v) is 13.2. The molecule has 5 rings (SSSR count). The fourth-order valence-corrected chi connectivity index (χ4v) is 4.84. The van der Waals surface area contributed by atoms with Crippen LogP contribution in [0.4, 0.5) is 5.82 Å². The van der Waals surface area contributed by atoms with Crippen LogP contribution in [0.5, 0.6) is 0 Å². The van der Waals surface area contributed by atoms with Gasteiger partial charge in [0.05, 0.1) is 11.4 Å². The summed E-state index contributed by atoms with van der Waals surface area (Å²) < 4.78 is 5.17. The summed E-state index contributed by atoms with van der Waals surface area (Å²) in [6, 6.07) is 10.0. The Morgan fingerprint density at radius 1 is 1.13 bits per heavy atom. The van der Waals surface area contributed by atoms with Crippen LogP contribution in [0.2, 0.25) is 0 Å². The number of aromatic amines is 1. The summed E-state index contributed by atoms with van der Waals surface area (Å²) in [5, 5.41) is 18.5. The van der Waals surface area contributed by atoms with E-state index in [0.29, 0.717) is 5.82 Å². The molecule has 0 radical (unpaired) electrons. The topological polar surface area (TPSA) is 142 Å². The number of carbonyl (C=O) groups excluding carboxylic acids is 2. The third kappa shape index (κ3) is 5.62. The number of hydrogen-bond acceptors (Lipinski definition) is 8. The maximum Gasteiger partial charge on any atom is 0.315 e. The molecule has 1 aromatic carbocycles. The number of aromatic nitrogens is 5. The highest BCUT2D eigenvalue weighted by atomic mass is 16.5. The molecule has 11 nitrogen and oxygen atoms in total. The lowest BCUT2D eigenvalue weighted by Gasteiger charge is -2.32. The van der Waals surface area contributed by atoms with E-state index in [0.717, 1.165) is 59.5 Å². The van der Waals surface area contributed by atoms with E-state index >= 15 is 0 Å². The standard InChI is InChI=1S/C28H34N8O3/c1-16(30-25(38)26-32-27(35-39-26)28(3,4)5)18-6-8-19(9-7-18)21-10-13-29-23-22(21)24(34-33-23)36-14-11-20(12-15-36)31-17(2)37/h6-10,13,16,20H,11-12,14-15H2,1-5H3,(H,30,38)(H,31,37)(H,29,33,34). The lowest BCUT2D eigenvalue weighted by molar-refractivity contribution is -0.119. The number of piperidine rings is 1. The van der Waals surface area contributed by atoms with Crippen LogP contribution in [-0.4, -0.2) is 56.3 Å². The Morgan fingerprint density at radius 2 is 1.85 bits per heavy atom. The number of amides is 2. The summed E-state index contributed by atoms with van der Waals surface area (Å²) in [6.07, 6.45) is 3.50. The number of benzene rings is 1. The predicted molar refractivity (Wildman–Crippen MR) is 147 cm³/mol. The van der Waals surface area contributed by atoms with E-state index in [-0.39, 0.29) is 29.3 Å². The van der Waals surface area contributed by atoms with E-state index in [1.54, 1.807) is 13.1 Å². The fraction of sp³-hybridized carbons (Fsp3) is 0.429. The number of pyridine rings is 1. The van der Waals surface area contributed by atoms with Gasteiger partial charge >= 0.3 is 11.8 Å². The summed E-state index contributed by atoms with van der Waals surface area (Å²) in [6.45, 7) is 11.0. The van der Waals surface area contributed by atoms with Crippen molar-refractivity contribution in [3.8, 4) is 11.1 Å². The van der Waals surface area contributed by atoms with Crippen molar-refractivity contribution in [2.75, 3.05) is 18.0 Å². The molecule has 0 saturated carbocycles. The van der Waals surface area contributed by atoms with Gasteiger partial charge in [-0.25, -0.2) is 4.98 Å². The maximum absolute atomic E-state index is 12.7. The Hall–Kier alpha value is -4.28. The summed E-state index contributed by atoms with van der Waals surface area (Å²) >= 11 is 0. The lowest BCUT2D eigenvalue weighted by atomic mass is 9.96. The van der Waals surface area contributed by atoms with Gasteiger partial charge < -0.3 is 20.1 Å². The zero-order valence-corrected chi connectivity index (χ0v) is 22.9. The average Bonchev–Trinajstić information content (AvgIpc) is 3.57. The molecule has 1 aliphatic heterocycles. The minimum absolute atomic E-state index is 0.00630. The molecular formula is C28H34N8O3. The van der Waals surface area contributed by atoms with Crippen LogP contribution in [0.1, 0.15) is 75.6 Å². The van der Waals surface area contributed by atoms with Gasteiger partial charge in [0.2, 0.25) is 5.91 Å². The Bertz CT molecular complexity index is 1480. The number of hydrogen-bond donors (Lipinski definition) is 3. The van der Waals surface area contributed by atoms with Crippen molar-refractivity contribution in [2.45, 2.75) is 65.0 Å². The van der Waals surface area contributed by atoms with Crippen molar-refractivity contribution < 1.29 is 14.1 Å². The Balaban J connectivity index is 1.32. The van der Waals surface area contributed by atoms with Crippen LogP contribution in [-0.2, 0) is 10.2 Å². The first-order valence-electron chi connectivity index (χ1n) is 13.2. The third-order valence-electron chi connectivity index (χ3n) is 7.00. The highest BCUT2D eigenvalue weighted by Crippen LogP contribution is 2.35. The molecular weight excluding hydrogens is 496 g/mol. The lowest BCUT2D eigenvalue weighted by Crippen LogP contribution is -2.44. The molecule has 0 aliphatic carbocycles. The van der Waals surface area contributed by atoms with Crippen LogP contribution in [0.3, 0.4) is 0 Å². The van der Waals surface area contributed by atoms with Gasteiger partial charge in [-0.1, -0.05) is 50.2 Å². The van der Waals surface area contributed by atoms with Gasteiger partial charge in [0.15, 0.2) is 17.3 Å². The fourth-order valence-electron chi connectivity index (χ4n) is 4.84. The van der Waals surface area contributed by atoms with Crippen molar-refractivity contribution in [3.05, 3.63) is 53.8 Å². The number of fused-ring (bicyclic) bond motifs is 1. The zero-order valence-electron chi connectivity index (χ0n) is 22.9. The van der Waals surface area contributed by atoms with Crippen LogP contribution in [0.25, 0.3) is 22.2 Å². The molecule has 11 heteroatoms. The molecule has 1 saturated heterocycles. The molecule has 4 heterocycles. The van der Waals surface area contributed by atoms with Crippen molar-refractivity contribution in [3.63, 3.8) is 0 Å². The highest BCUT2D eigenvalue weighted by molar-refractivity contribution is 6.00. The van der Waals surface area contributed by atoms with Crippen LogP contribution < -0.4 is 15.5 Å². The molecule has 1 fully saturated rings. The Labute approximate surface area is 226 Å². The molecule has 3 aromatic heterocycles. The van der Waals surface area contributed by atoms with Gasteiger partial charge in [-0.15, -0.1) is 0 Å². The normalized spacial score (nSPS) is 15.4. The number of rotatable bonds is 6. The number of nitrogens with one attached hydrogen (secondary N) is 3. The zero-order chi connectivity index (χ0) is 27.7. The highest BCUT2D eigenvalue weighted by Gasteiger charge is 2.26. The molecule has 1 atom stereocenters. The van der Waals surface area contributed by atoms with E-state index in [4.69, 9.17) is 4.52 Å². The number of nitrogens with zero attached hydrogens (tertiary/aromatic N) is 5. The number of carbonyl (C=O) groups is 2. The molecule has 39 heavy (non-hydrogen) atoms. The molecule has 3 N–H and O–H groups in total. The predicted octanol–water partition coefficient (Wildman–Crippen LogP) is 3.90. The van der Waals surface area contributed by atoms with E-state index in [9.17, 15) is 9.59 Å². The van der Waals surface area contributed by atoms with Crippen LogP contribution >= 0.6 is 0 Å². The van der Waals surface area contributed by atoms with Gasteiger partial charge in [-0.05, 0) is 42.5 Å². The van der Waals surface area contributed by atoms with Gasteiger partial charge in [-0.2, -0.15) is 10.1 Å². The van der Waals surface area contributed by atoms with E-state index in [1.807, 2.05) is 58.0 Å². The van der Waals surface area contributed by atoms with Gasteiger partial charge in [0.1, 0.15) is 0 Å². The minimum Gasteiger partial charge on any atom is -0.354 e. The number of anilines is 1. The van der Waals surface area contributed by atoms with Crippen molar-refractivity contribution in [1.82, 2.24) is 36.0 Å². The molecule has 204 valence electrons. The molecule has 2 amide bonds. The second-order valence-corrected chi connectivity index (χ2v) is 11.1. The minimum atomic E-state index is -0.407. The second kappa shape index (κ2) is 10.5. The van der Waals surface area contributed by atoms with Gasteiger partial charge in [0.25, 0.3) is 0 Å². The molecule has 1 aliphatic rings. The smallest absolute Gasteiger partial charge is 0.315 e. The Morgan fingerprint density at radius 3 is 2.49 bits per heavy atom. The maximum atomic E-state index is 12.7. The number of H-pyrrole nitrogens is 1. The van der Waals surface area contributed by atoms with Crippen LogP contribution in [0.15, 0.2) is 41.1 Å². The molecule has 0 bridgehead atoms. The summed E-state index contributed by atoms with van der Waals surface area (Å²) in [5.74, 6) is 0.913. The molecule has 4 aromatic rings. The molecule has 0 spiro atoms. The second-order valence-electron chi connectivity index (χ2n) is 11.1. The van der Waals surface area contributed by atoms with Gasteiger partial charge in [-0.3, -0.25) is 14.7 Å². The largest absolute Gasteiger partial charge is 0.354 e. The summed E-state index contributed by atoms with van der Waals surface area (Å²) in [5.41, 5.74) is 3.41. The van der Waals surface area contributed by atoms with Crippen molar-refractivity contribution >= 4 is 28.7 Å². The summed E-state index contributed by atoms with van der Waals surface area (Å²) in [7, 11) is 0. The van der Waals surface area contributed by atoms with Crippen molar-refractivity contribution in [2.24, 2.45) is 0 Å². The van der Waals surface area contributed by atoms with Crippen LogP contribution in [0, 0.1) is 0 Å². The van der Waals surface area contributed by atoms with Gasteiger partial charge in [0, 0.05) is 37.7 Å².